The smallest absolute Gasteiger partial charge is 0.101 e. The summed E-state index contributed by atoms with van der Waals surface area (Å²) in [4.78, 5) is 0. The summed E-state index contributed by atoms with van der Waals surface area (Å²) in [5, 5.41) is 24.0. The van der Waals surface area contributed by atoms with Gasteiger partial charge in [-0.1, -0.05) is 66.7 Å². The summed E-state index contributed by atoms with van der Waals surface area (Å²) in [5.41, 5.74) is 10.6. The van der Waals surface area contributed by atoms with Crippen molar-refractivity contribution >= 4 is 43.6 Å². The second-order valence-electron chi connectivity index (χ2n) is 10.9. The third-order valence-corrected chi connectivity index (χ3v) is 8.51. The molecule has 6 aromatic carbocycles. The first-order chi connectivity index (χ1) is 21.2. The Kier molecular flexibility index (Phi) is 5.44. The lowest BCUT2D eigenvalue weighted by Gasteiger charge is -2.13. The van der Waals surface area contributed by atoms with Crippen LogP contribution in [0, 0.1) is 29.6 Å². The number of aryl methyl sites for hydroxylation is 1. The minimum Gasteiger partial charge on any atom is -0.309 e. The van der Waals surface area contributed by atoms with Gasteiger partial charge < -0.3 is 9.13 Å². The summed E-state index contributed by atoms with van der Waals surface area (Å²) in [7, 11) is 0. The van der Waals surface area contributed by atoms with E-state index in [4.69, 9.17) is 0 Å². The second kappa shape index (κ2) is 9.48. The number of aromatic nitrogens is 2. The number of hydrogen-bond acceptors (Lipinski definition) is 2. The molecule has 0 amide bonds. The molecule has 0 saturated carbocycles. The number of benzene rings is 6. The Hall–Kier alpha value is -6.10. The first-order valence-electron chi connectivity index (χ1n) is 14.2. The van der Waals surface area contributed by atoms with Crippen molar-refractivity contribution in [3.05, 3.63) is 144 Å². The fourth-order valence-electron chi connectivity index (χ4n) is 6.54. The van der Waals surface area contributed by atoms with Crippen LogP contribution in [0.3, 0.4) is 0 Å². The van der Waals surface area contributed by atoms with E-state index in [0.29, 0.717) is 11.1 Å². The number of nitrogens with zero attached hydrogens (tertiary/aromatic N) is 4. The Morgan fingerprint density at radius 1 is 0.465 bits per heavy atom. The van der Waals surface area contributed by atoms with E-state index < -0.39 is 0 Å². The van der Waals surface area contributed by atoms with Gasteiger partial charge in [0.25, 0.3) is 0 Å². The molecule has 0 bridgehead atoms. The molecule has 0 saturated heterocycles. The molecule has 8 aromatic rings. The molecule has 0 spiro atoms. The number of nitriles is 2. The number of hydrogen-bond donors (Lipinski definition) is 0. The van der Waals surface area contributed by atoms with Crippen LogP contribution in [0.2, 0.25) is 0 Å². The van der Waals surface area contributed by atoms with E-state index >= 15 is 0 Å². The molecule has 43 heavy (non-hydrogen) atoms. The normalized spacial score (nSPS) is 11.3. The number of para-hydroxylation sites is 3. The van der Waals surface area contributed by atoms with Crippen LogP contribution in [0.15, 0.2) is 127 Å². The average Bonchev–Trinajstić information content (AvgIpc) is 3.57. The molecule has 0 atom stereocenters. The van der Waals surface area contributed by atoms with Crippen LogP contribution in [0.1, 0.15) is 16.7 Å². The second-order valence-corrected chi connectivity index (χ2v) is 10.9. The predicted molar refractivity (Wildman–Crippen MR) is 175 cm³/mol. The fraction of sp³-hybridized carbons (Fsp3) is 0.0256. The summed E-state index contributed by atoms with van der Waals surface area (Å²) in [5.74, 6) is 0. The molecule has 4 nitrogen and oxygen atoms in total. The maximum absolute atomic E-state index is 9.75. The minimum absolute atomic E-state index is 0.383. The van der Waals surface area contributed by atoms with Gasteiger partial charge in [-0.2, -0.15) is 10.5 Å². The highest BCUT2D eigenvalue weighted by atomic mass is 15.0. The highest BCUT2D eigenvalue weighted by Gasteiger charge is 2.18. The van der Waals surface area contributed by atoms with E-state index in [1.807, 2.05) is 31.2 Å². The fourth-order valence-corrected chi connectivity index (χ4v) is 6.54. The van der Waals surface area contributed by atoms with Crippen molar-refractivity contribution in [1.82, 2.24) is 9.13 Å². The molecule has 4 heteroatoms. The summed E-state index contributed by atoms with van der Waals surface area (Å²) >= 11 is 0. The Morgan fingerprint density at radius 3 is 1.56 bits per heavy atom. The lowest BCUT2D eigenvalue weighted by molar-refractivity contribution is 1.14. The molecule has 0 aliphatic carbocycles. The van der Waals surface area contributed by atoms with Crippen LogP contribution in [0.4, 0.5) is 0 Å². The Balaban J connectivity index is 1.35. The molecular formula is C39H24N4. The summed E-state index contributed by atoms with van der Waals surface area (Å²) in [6.07, 6.45) is 0. The summed E-state index contributed by atoms with van der Waals surface area (Å²) < 4.78 is 4.54. The Labute approximate surface area is 248 Å². The highest BCUT2D eigenvalue weighted by Crippen LogP contribution is 2.38. The van der Waals surface area contributed by atoms with E-state index in [1.54, 1.807) is 0 Å². The maximum Gasteiger partial charge on any atom is 0.101 e. The van der Waals surface area contributed by atoms with Gasteiger partial charge >= 0.3 is 0 Å². The van der Waals surface area contributed by atoms with E-state index in [0.717, 1.165) is 49.9 Å². The summed E-state index contributed by atoms with van der Waals surface area (Å²) in [6, 6.07) is 48.9. The maximum atomic E-state index is 9.75. The van der Waals surface area contributed by atoms with Gasteiger partial charge in [0, 0.05) is 27.2 Å². The molecule has 200 valence electrons. The average molecular weight is 549 g/mol. The topological polar surface area (TPSA) is 57.4 Å². The van der Waals surface area contributed by atoms with Crippen LogP contribution in [0.25, 0.3) is 66.1 Å². The van der Waals surface area contributed by atoms with Crippen molar-refractivity contribution < 1.29 is 0 Å². The van der Waals surface area contributed by atoms with Crippen LogP contribution in [0.5, 0.6) is 0 Å². The van der Waals surface area contributed by atoms with Crippen LogP contribution in [-0.2, 0) is 0 Å². The van der Waals surface area contributed by atoms with Gasteiger partial charge in [-0.05, 0) is 84.3 Å². The standard InChI is InChI=1S/C39H24N4/c1-25-19-28(23-40)29(24-41)22-39(25)43-36-14-8-6-12-32(36)34-21-27(16-18-38(34)43)26-15-17-37-33(20-26)31-11-5-7-13-35(31)42(37)30-9-3-2-4-10-30/h2-22H,1H3. The minimum atomic E-state index is 0.383. The SMILES string of the molecule is Cc1cc(C#N)c(C#N)cc1-n1c2ccccc2c2cc(-c3ccc4c(c3)c3ccccc3n4-c3ccccc3)ccc21. The van der Waals surface area contributed by atoms with Gasteiger partial charge in [0.05, 0.1) is 38.9 Å². The molecule has 0 radical (unpaired) electrons. The molecule has 2 heterocycles. The van der Waals surface area contributed by atoms with E-state index in [2.05, 4.69) is 124 Å². The van der Waals surface area contributed by atoms with Crippen molar-refractivity contribution in [1.29, 1.82) is 10.5 Å². The van der Waals surface area contributed by atoms with Gasteiger partial charge in [0.1, 0.15) is 12.1 Å². The van der Waals surface area contributed by atoms with Crippen LogP contribution < -0.4 is 0 Å². The highest BCUT2D eigenvalue weighted by molar-refractivity contribution is 6.12. The third-order valence-electron chi connectivity index (χ3n) is 8.51. The largest absolute Gasteiger partial charge is 0.309 e. The predicted octanol–water partition coefficient (Wildman–Crippen LogP) is 9.60. The zero-order valence-electron chi connectivity index (χ0n) is 23.4. The zero-order valence-corrected chi connectivity index (χ0v) is 23.4. The van der Waals surface area contributed by atoms with Crippen LogP contribution >= 0.6 is 0 Å². The van der Waals surface area contributed by atoms with Crippen molar-refractivity contribution in [3.8, 4) is 34.6 Å². The van der Waals surface area contributed by atoms with Gasteiger partial charge in [-0.25, -0.2) is 0 Å². The van der Waals surface area contributed by atoms with Gasteiger partial charge in [0.2, 0.25) is 0 Å². The quantitative estimate of drug-likeness (QED) is 0.221. The number of fused-ring (bicyclic) bond motifs is 6. The molecule has 2 aromatic heterocycles. The van der Waals surface area contributed by atoms with E-state index in [-0.39, 0.29) is 0 Å². The van der Waals surface area contributed by atoms with Crippen molar-refractivity contribution in [2.45, 2.75) is 6.92 Å². The lowest BCUT2D eigenvalue weighted by Crippen LogP contribution is -1.99. The first kappa shape index (κ1) is 24.7. The Morgan fingerprint density at radius 2 is 0.953 bits per heavy atom. The van der Waals surface area contributed by atoms with Crippen molar-refractivity contribution in [2.75, 3.05) is 0 Å². The first-order valence-corrected chi connectivity index (χ1v) is 14.2. The molecule has 0 aliphatic heterocycles. The lowest BCUT2D eigenvalue weighted by atomic mass is 10.0. The zero-order chi connectivity index (χ0) is 29.1. The van der Waals surface area contributed by atoms with E-state index in [1.165, 1.54) is 21.8 Å². The van der Waals surface area contributed by atoms with Gasteiger partial charge in [0.15, 0.2) is 0 Å². The van der Waals surface area contributed by atoms with Crippen molar-refractivity contribution in [3.63, 3.8) is 0 Å². The summed E-state index contributed by atoms with van der Waals surface area (Å²) in [6.45, 7) is 1.99. The van der Waals surface area contributed by atoms with Gasteiger partial charge in [-0.3, -0.25) is 0 Å². The number of rotatable bonds is 3. The van der Waals surface area contributed by atoms with Crippen LogP contribution in [-0.4, -0.2) is 9.13 Å². The Bertz CT molecular complexity index is 2480. The third kappa shape index (κ3) is 3.68. The van der Waals surface area contributed by atoms with Crippen molar-refractivity contribution in [2.24, 2.45) is 0 Å². The van der Waals surface area contributed by atoms with E-state index in [9.17, 15) is 10.5 Å². The molecule has 0 unspecified atom stereocenters. The molecule has 0 fully saturated rings. The van der Waals surface area contributed by atoms with Gasteiger partial charge in [-0.15, -0.1) is 0 Å². The molecule has 8 rings (SSSR count). The monoisotopic (exact) mass is 548 g/mol. The molecule has 0 N–H and O–H groups in total. The molecular weight excluding hydrogens is 524 g/mol. The molecule has 0 aliphatic rings.